The van der Waals surface area contributed by atoms with Crippen LogP contribution in [-0.2, 0) is 6.42 Å². The van der Waals surface area contributed by atoms with Crippen molar-refractivity contribution in [2.75, 3.05) is 0 Å². The van der Waals surface area contributed by atoms with Crippen molar-refractivity contribution >= 4 is 17.2 Å². The molecule has 0 aromatic carbocycles. The molecular weight excluding hydrogens is 272 g/mol. The second-order valence-corrected chi connectivity index (χ2v) is 5.51. The van der Waals surface area contributed by atoms with Gasteiger partial charge in [0.25, 0.3) is 0 Å². The zero-order valence-electron chi connectivity index (χ0n) is 10.8. The maximum absolute atomic E-state index is 12.9. The number of alkyl halides is 2. The van der Waals surface area contributed by atoms with Crippen molar-refractivity contribution in [1.29, 1.82) is 0 Å². The first-order valence-electron chi connectivity index (χ1n) is 6.34. The van der Waals surface area contributed by atoms with Crippen LogP contribution >= 0.6 is 11.6 Å². The van der Waals surface area contributed by atoms with Crippen molar-refractivity contribution in [1.82, 2.24) is 14.6 Å². The molecule has 0 bridgehead atoms. The molecule has 1 aliphatic carbocycles. The molecule has 19 heavy (non-hydrogen) atoms. The standard InChI is InChI=1S/C13H14ClF2N3/c1-3-9-7(2)4-10-17-12(18-19(10)11(9)14)8-5-13(15,16)6-8/h4,8H,3,5-6H2,1-2H3. The fourth-order valence-corrected chi connectivity index (χ4v) is 3.00. The van der Waals surface area contributed by atoms with Crippen molar-refractivity contribution < 1.29 is 8.78 Å². The van der Waals surface area contributed by atoms with Gasteiger partial charge in [-0.05, 0) is 30.5 Å². The average molecular weight is 286 g/mol. The molecule has 6 heteroatoms. The van der Waals surface area contributed by atoms with Crippen molar-refractivity contribution in [2.45, 2.75) is 45.0 Å². The molecule has 0 atom stereocenters. The van der Waals surface area contributed by atoms with E-state index in [1.54, 1.807) is 4.52 Å². The zero-order chi connectivity index (χ0) is 13.8. The summed E-state index contributed by atoms with van der Waals surface area (Å²) >= 11 is 6.29. The molecule has 1 fully saturated rings. The van der Waals surface area contributed by atoms with Crippen LogP contribution in [0.5, 0.6) is 0 Å². The number of nitrogens with zero attached hydrogens (tertiary/aromatic N) is 3. The maximum atomic E-state index is 12.9. The molecule has 0 unspecified atom stereocenters. The Labute approximate surface area is 114 Å². The highest BCUT2D eigenvalue weighted by Crippen LogP contribution is 2.47. The smallest absolute Gasteiger partial charge is 0.212 e. The molecule has 2 aromatic heterocycles. The van der Waals surface area contributed by atoms with Crippen LogP contribution in [-0.4, -0.2) is 20.5 Å². The summed E-state index contributed by atoms with van der Waals surface area (Å²) in [5.74, 6) is -2.34. The van der Waals surface area contributed by atoms with Crippen LogP contribution in [0.3, 0.4) is 0 Å². The quantitative estimate of drug-likeness (QED) is 0.786. The molecule has 0 saturated heterocycles. The Morgan fingerprint density at radius 2 is 2.16 bits per heavy atom. The van der Waals surface area contributed by atoms with Crippen LogP contribution in [0.4, 0.5) is 8.78 Å². The lowest BCUT2D eigenvalue weighted by atomic mass is 9.81. The number of hydrogen-bond acceptors (Lipinski definition) is 2. The Kier molecular flexibility index (Phi) is 2.78. The van der Waals surface area contributed by atoms with Crippen LogP contribution < -0.4 is 0 Å². The van der Waals surface area contributed by atoms with Gasteiger partial charge in [0.1, 0.15) is 5.15 Å². The number of aromatic nitrogens is 3. The molecule has 0 spiro atoms. The SMILES string of the molecule is CCc1c(C)cc2nc(C3CC(F)(F)C3)nn2c1Cl. The van der Waals surface area contributed by atoms with Crippen molar-refractivity contribution in [2.24, 2.45) is 0 Å². The van der Waals surface area contributed by atoms with Gasteiger partial charge in [-0.1, -0.05) is 18.5 Å². The number of halogens is 3. The van der Waals surface area contributed by atoms with E-state index in [0.717, 1.165) is 17.5 Å². The summed E-state index contributed by atoms with van der Waals surface area (Å²) in [7, 11) is 0. The summed E-state index contributed by atoms with van der Waals surface area (Å²) in [6.45, 7) is 3.99. The van der Waals surface area contributed by atoms with Gasteiger partial charge >= 0.3 is 0 Å². The molecular formula is C13H14ClF2N3. The second kappa shape index (κ2) is 4.13. The predicted molar refractivity (Wildman–Crippen MR) is 69.0 cm³/mol. The summed E-state index contributed by atoms with van der Waals surface area (Å²) in [4.78, 5) is 4.33. The minimum atomic E-state index is -2.56. The van der Waals surface area contributed by atoms with E-state index in [1.165, 1.54) is 0 Å². The van der Waals surface area contributed by atoms with E-state index >= 15 is 0 Å². The Hall–Kier alpha value is -1.23. The first-order chi connectivity index (χ1) is 8.91. The predicted octanol–water partition coefficient (Wildman–Crippen LogP) is 3.77. The summed E-state index contributed by atoms with van der Waals surface area (Å²) < 4.78 is 27.4. The van der Waals surface area contributed by atoms with Crippen LogP contribution in [0, 0.1) is 6.92 Å². The Balaban J connectivity index is 2.04. The maximum Gasteiger partial charge on any atom is 0.249 e. The van der Waals surface area contributed by atoms with Crippen molar-refractivity contribution in [3.8, 4) is 0 Å². The number of fused-ring (bicyclic) bond motifs is 1. The molecule has 0 N–H and O–H groups in total. The van der Waals surface area contributed by atoms with Gasteiger partial charge in [-0.25, -0.2) is 18.3 Å². The third kappa shape index (κ3) is 2.00. The molecule has 1 saturated carbocycles. The molecule has 2 heterocycles. The first-order valence-corrected chi connectivity index (χ1v) is 6.71. The van der Waals surface area contributed by atoms with Crippen molar-refractivity contribution in [3.05, 3.63) is 28.2 Å². The largest absolute Gasteiger partial charge is 0.249 e. The van der Waals surface area contributed by atoms with Gasteiger partial charge in [0.05, 0.1) is 0 Å². The zero-order valence-corrected chi connectivity index (χ0v) is 11.5. The number of pyridine rings is 1. The van der Waals surface area contributed by atoms with Crippen LogP contribution in [0.1, 0.15) is 42.6 Å². The highest BCUT2D eigenvalue weighted by molar-refractivity contribution is 6.30. The van der Waals surface area contributed by atoms with Gasteiger partial charge in [0, 0.05) is 18.8 Å². The lowest BCUT2D eigenvalue weighted by Gasteiger charge is -2.32. The molecule has 0 amide bonds. The minimum absolute atomic E-state index is 0.166. The fraction of sp³-hybridized carbons (Fsp3) is 0.538. The molecule has 3 nitrogen and oxygen atoms in total. The highest BCUT2D eigenvalue weighted by Gasteiger charge is 2.47. The molecule has 3 rings (SSSR count). The van der Waals surface area contributed by atoms with E-state index in [0.29, 0.717) is 16.6 Å². The molecule has 0 radical (unpaired) electrons. The Morgan fingerprint density at radius 1 is 1.47 bits per heavy atom. The average Bonchev–Trinajstić information content (AvgIpc) is 2.70. The van der Waals surface area contributed by atoms with Gasteiger partial charge in [-0.3, -0.25) is 0 Å². The number of aryl methyl sites for hydroxylation is 1. The van der Waals surface area contributed by atoms with E-state index in [1.807, 2.05) is 19.9 Å². The molecule has 2 aromatic rings. The number of rotatable bonds is 2. The van der Waals surface area contributed by atoms with Gasteiger partial charge in [0.2, 0.25) is 5.92 Å². The van der Waals surface area contributed by atoms with E-state index in [4.69, 9.17) is 11.6 Å². The highest BCUT2D eigenvalue weighted by atomic mass is 35.5. The molecule has 1 aliphatic rings. The van der Waals surface area contributed by atoms with Crippen molar-refractivity contribution in [3.63, 3.8) is 0 Å². The third-order valence-corrected chi connectivity index (χ3v) is 4.10. The van der Waals surface area contributed by atoms with Gasteiger partial charge in [0.15, 0.2) is 11.5 Å². The fourth-order valence-electron chi connectivity index (χ4n) is 2.59. The third-order valence-electron chi connectivity index (χ3n) is 3.71. The van der Waals surface area contributed by atoms with Crippen LogP contribution in [0.2, 0.25) is 5.15 Å². The lowest BCUT2D eigenvalue weighted by molar-refractivity contribution is -0.0884. The van der Waals surface area contributed by atoms with E-state index in [-0.39, 0.29) is 18.8 Å². The monoisotopic (exact) mass is 285 g/mol. The Morgan fingerprint density at radius 3 is 2.74 bits per heavy atom. The Bertz CT molecular complexity index is 643. The van der Waals surface area contributed by atoms with Crippen LogP contribution in [0.25, 0.3) is 5.65 Å². The minimum Gasteiger partial charge on any atom is -0.212 e. The van der Waals surface area contributed by atoms with E-state index in [2.05, 4.69) is 10.1 Å². The van der Waals surface area contributed by atoms with E-state index in [9.17, 15) is 8.78 Å². The topological polar surface area (TPSA) is 30.2 Å². The summed E-state index contributed by atoms with van der Waals surface area (Å²) in [6.07, 6.45) is 0.472. The molecule has 102 valence electrons. The second-order valence-electron chi connectivity index (χ2n) is 5.15. The lowest BCUT2D eigenvalue weighted by Crippen LogP contribution is -2.34. The number of hydrogen-bond donors (Lipinski definition) is 0. The summed E-state index contributed by atoms with van der Waals surface area (Å²) in [6, 6.07) is 1.90. The van der Waals surface area contributed by atoms with Gasteiger partial charge in [-0.15, -0.1) is 5.10 Å². The van der Waals surface area contributed by atoms with Gasteiger partial charge in [-0.2, -0.15) is 0 Å². The molecule has 0 aliphatic heterocycles. The summed E-state index contributed by atoms with van der Waals surface area (Å²) in [5.41, 5.74) is 2.70. The first kappa shape index (κ1) is 12.8. The normalized spacial score (nSPS) is 18.8. The van der Waals surface area contributed by atoms with Gasteiger partial charge < -0.3 is 0 Å². The van der Waals surface area contributed by atoms with Crippen LogP contribution in [0.15, 0.2) is 6.07 Å². The summed E-state index contributed by atoms with van der Waals surface area (Å²) in [5, 5.41) is 4.82. The van der Waals surface area contributed by atoms with E-state index < -0.39 is 5.92 Å².